The number of oxime groups is 1. The van der Waals surface area contributed by atoms with Crippen molar-refractivity contribution in [3.63, 3.8) is 0 Å². The second-order valence-electron chi connectivity index (χ2n) is 3.98. The van der Waals surface area contributed by atoms with Crippen LogP contribution in [0.15, 0.2) is 47.0 Å². The first-order valence-electron chi connectivity index (χ1n) is 5.72. The van der Waals surface area contributed by atoms with E-state index < -0.39 is 0 Å². The summed E-state index contributed by atoms with van der Waals surface area (Å²) in [6.07, 6.45) is 1.95. The summed E-state index contributed by atoms with van der Waals surface area (Å²) < 4.78 is 1.70. The number of benzene rings is 1. The zero-order valence-corrected chi connectivity index (χ0v) is 11.3. The van der Waals surface area contributed by atoms with Crippen LogP contribution in [0.3, 0.4) is 0 Å². The lowest BCUT2D eigenvalue weighted by Gasteiger charge is -2.15. The van der Waals surface area contributed by atoms with Crippen molar-refractivity contribution in [1.82, 2.24) is 14.8 Å². The smallest absolute Gasteiger partial charge is 0.186 e. The summed E-state index contributed by atoms with van der Waals surface area (Å²) in [5.41, 5.74) is 6.72. The lowest BCUT2D eigenvalue weighted by Crippen LogP contribution is -2.15. The number of nitrogens with zero attached hydrogens (tertiary/aromatic N) is 4. The minimum absolute atomic E-state index is 0.0278. The number of aromatic nitrogens is 3. The minimum Gasteiger partial charge on any atom is -0.409 e. The molecule has 0 bridgehead atoms. The first-order chi connectivity index (χ1) is 9.20. The van der Waals surface area contributed by atoms with Gasteiger partial charge in [0.25, 0.3) is 0 Å². The molecule has 2 rings (SSSR count). The molecule has 1 atom stereocenters. The standard InChI is InChI=1S/C12H15N5OS/c1-17-12(14-8-15-17)19-10(7-11(13)16-18)9-5-3-2-4-6-9/h2-6,8,10,18H,7H2,1H3,(H2,13,16). The van der Waals surface area contributed by atoms with Gasteiger partial charge in [0.2, 0.25) is 0 Å². The van der Waals surface area contributed by atoms with Gasteiger partial charge in [0.05, 0.1) is 0 Å². The Labute approximate surface area is 115 Å². The Morgan fingerprint density at radius 3 is 2.79 bits per heavy atom. The molecule has 1 aromatic heterocycles. The van der Waals surface area contributed by atoms with E-state index in [9.17, 15) is 0 Å². The third-order valence-corrected chi connectivity index (χ3v) is 3.92. The summed E-state index contributed by atoms with van der Waals surface area (Å²) in [7, 11) is 1.83. The van der Waals surface area contributed by atoms with Crippen molar-refractivity contribution in [2.24, 2.45) is 17.9 Å². The SMILES string of the molecule is Cn1ncnc1SC(C/C(N)=N/O)c1ccccc1. The van der Waals surface area contributed by atoms with E-state index in [4.69, 9.17) is 10.9 Å². The number of rotatable bonds is 5. The molecule has 0 aliphatic carbocycles. The van der Waals surface area contributed by atoms with Gasteiger partial charge in [-0.1, -0.05) is 47.2 Å². The Morgan fingerprint density at radius 2 is 2.21 bits per heavy atom. The van der Waals surface area contributed by atoms with Crippen molar-refractivity contribution in [3.05, 3.63) is 42.2 Å². The molecule has 0 spiro atoms. The van der Waals surface area contributed by atoms with Gasteiger partial charge in [0, 0.05) is 18.7 Å². The molecular weight excluding hydrogens is 262 g/mol. The predicted molar refractivity (Wildman–Crippen MR) is 74.1 cm³/mol. The van der Waals surface area contributed by atoms with E-state index >= 15 is 0 Å². The van der Waals surface area contributed by atoms with Crippen LogP contribution in [0.1, 0.15) is 17.2 Å². The van der Waals surface area contributed by atoms with Crippen LogP contribution < -0.4 is 5.73 Å². The molecule has 1 aromatic carbocycles. The number of aryl methyl sites for hydroxylation is 1. The van der Waals surface area contributed by atoms with Crippen molar-refractivity contribution in [2.75, 3.05) is 0 Å². The molecule has 0 saturated heterocycles. The van der Waals surface area contributed by atoms with E-state index in [1.807, 2.05) is 37.4 Å². The molecule has 7 heteroatoms. The molecule has 1 heterocycles. The van der Waals surface area contributed by atoms with Gasteiger partial charge in [-0.2, -0.15) is 5.10 Å². The largest absolute Gasteiger partial charge is 0.409 e. The molecule has 2 aromatic rings. The Bertz CT molecular complexity index is 554. The topological polar surface area (TPSA) is 89.3 Å². The van der Waals surface area contributed by atoms with Gasteiger partial charge in [-0.05, 0) is 5.56 Å². The summed E-state index contributed by atoms with van der Waals surface area (Å²) in [5, 5.41) is 16.6. The van der Waals surface area contributed by atoms with Gasteiger partial charge in [0.15, 0.2) is 5.16 Å². The highest BCUT2D eigenvalue weighted by molar-refractivity contribution is 7.99. The van der Waals surface area contributed by atoms with E-state index in [1.165, 1.54) is 18.1 Å². The van der Waals surface area contributed by atoms with Gasteiger partial charge < -0.3 is 10.9 Å². The zero-order valence-electron chi connectivity index (χ0n) is 10.5. The highest BCUT2D eigenvalue weighted by atomic mass is 32.2. The van der Waals surface area contributed by atoms with Crippen LogP contribution in [0.4, 0.5) is 0 Å². The van der Waals surface area contributed by atoms with E-state index in [1.54, 1.807) is 4.68 Å². The quantitative estimate of drug-likeness (QED) is 0.286. The van der Waals surface area contributed by atoms with Crippen LogP contribution in [0.25, 0.3) is 0 Å². The minimum atomic E-state index is 0.0278. The van der Waals surface area contributed by atoms with Crippen LogP contribution in [0.2, 0.25) is 0 Å². The highest BCUT2D eigenvalue weighted by Crippen LogP contribution is 2.36. The van der Waals surface area contributed by atoms with Gasteiger partial charge in [-0.3, -0.25) is 0 Å². The summed E-state index contributed by atoms with van der Waals surface area (Å²) in [5.74, 6) is 0.198. The average Bonchev–Trinajstić information content (AvgIpc) is 2.84. The average molecular weight is 277 g/mol. The van der Waals surface area contributed by atoms with Crippen LogP contribution in [-0.4, -0.2) is 25.8 Å². The Hall–Kier alpha value is -2.02. The molecule has 0 fully saturated rings. The Kier molecular flexibility index (Phi) is 4.40. The lowest BCUT2D eigenvalue weighted by atomic mass is 10.1. The van der Waals surface area contributed by atoms with Gasteiger partial charge in [-0.15, -0.1) is 0 Å². The number of hydrogen-bond acceptors (Lipinski definition) is 5. The molecule has 0 aliphatic rings. The Morgan fingerprint density at radius 1 is 1.47 bits per heavy atom. The number of nitrogens with two attached hydrogens (primary N) is 1. The van der Waals surface area contributed by atoms with Crippen LogP contribution >= 0.6 is 11.8 Å². The number of amidine groups is 1. The first kappa shape index (κ1) is 13.4. The maximum Gasteiger partial charge on any atom is 0.186 e. The first-order valence-corrected chi connectivity index (χ1v) is 6.60. The fourth-order valence-electron chi connectivity index (χ4n) is 1.65. The van der Waals surface area contributed by atoms with Gasteiger partial charge >= 0.3 is 0 Å². The molecule has 0 amide bonds. The third-order valence-electron chi connectivity index (χ3n) is 2.61. The van der Waals surface area contributed by atoms with E-state index in [0.717, 1.165) is 10.7 Å². The molecule has 0 saturated carbocycles. The summed E-state index contributed by atoms with van der Waals surface area (Å²) >= 11 is 1.54. The maximum atomic E-state index is 8.73. The van der Waals surface area contributed by atoms with Gasteiger partial charge in [0.1, 0.15) is 12.2 Å². The summed E-state index contributed by atoms with van der Waals surface area (Å²) in [6.45, 7) is 0. The highest BCUT2D eigenvalue weighted by Gasteiger charge is 2.17. The molecular formula is C12H15N5OS. The van der Waals surface area contributed by atoms with Crippen molar-refractivity contribution in [2.45, 2.75) is 16.8 Å². The summed E-state index contributed by atoms with van der Waals surface area (Å²) in [4.78, 5) is 4.19. The van der Waals surface area contributed by atoms with E-state index in [-0.39, 0.29) is 11.1 Å². The monoisotopic (exact) mass is 277 g/mol. The maximum absolute atomic E-state index is 8.73. The fraction of sp³-hybridized carbons (Fsp3) is 0.250. The molecule has 3 N–H and O–H groups in total. The van der Waals surface area contributed by atoms with Crippen molar-refractivity contribution in [1.29, 1.82) is 0 Å². The second-order valence-corrected chi connectivity index (χ2v) is 5.15. The second kappa shape index (κ2) is 6.24. The molecule has 100 valence electrons. The molecule has 1 unspecified atom stereocenters. The molecule has 0 radical (unpaired) electrons. The van der Waals surface area contributed by atoms with Crippen LogP contribution in [-0.2, 0) is 7.05 Å². The Balaban J connectivity index is 2.22. The molecule has 19 heavy (non-hydrogen) atoms. The van der Waals surface area contributed by atoms with Crippen LogP contribution in [0.5, 0.6) is 0 Å². The van der Waals surface area contributed by atoms with Gasteiger partial charge in [-0.25, -0.2) is 9.67 Å². The molecule has 0 aliphatic heterocycles. The van der Waals surface area contributed by atoms with E-state index in [0.29, 0.717) is 6.42 Å². The van der Waals surface area contributed by atoms with Crippen LogP contribution in [0, 0.1) is 0 Å². The zero-order chi connectivity index (χ0) is 13.7. The predicted octanol–water partition coefficient (Wildman–Crippen LogP) is 1.79. The summed E-state index contributed by atoms with van der Waals surface area (Å²) in [6, 6.07) is 9.91. The van der Waals surface area contributed by atoms with Crippen molar-refractivity contribution >= 4 is 17.6 Å². The molecule has 6 nitrogen and oxygen atoms in total. The number of hydrogen-bond donors (Lipinski definition) is 2. The third kappa shape index (κ3) is 3.47. The van der Waals surface area contributed by atoms with E-state index in [2.05, 4.69) is 15.2 Å². The lowest BCUT2D eigenvalue weighted by molar-refractivity contribution is 0.317. The fourth-order valence-corrected chi connectivity index (χ4v) is 2.76. The normalized spacial score (nSPS) is 13.4. The van der Waals surface area contributed by atoms with Crippen molar-refractivity contribution in [3.8, 4) is 0 Å². The number of thioether (sulfide) groups is 1. The van der Waals surface area contributed by atoms with Crippen molar-refractivity contribution < 1.29 is 5.21 Å².